The van der Waals surface area contributed by atoms with Crippen molar-refractivity contribution in [2.75, 3.05) is 0 Å². The van der Waals surface area contributed by atoms with Gasteiger partial charge in [-0.3, -0.25) is 9.59 Å². The number of para-hydroxylation sites is 1. The van der Waals surface area contributed by atoms with Gasteiger partial charge in [0.25, 0.3) is 5.91 Å². The summed E-state index contributed by atoms with van der Waals surface area (Å²) in [6, 6.07) is 9.38. The first kappa shape index (κ1) is 15.1. The maximum Gasteiger partial charge on any atom is 0.305 e. The zero-order chi connectivity index (χ0) is 15.6. The molecule has 1 atom stereocenters. The van der Waals surface area contributed by atoms with Gasteiger partial charge in [-0.15, -0.1) is 0 Å². The molecule has 5 heteroatoms. The van der Waals surface area contributed by atoms with Crippen molar-refractivity contribution in [3.05, 3.63) is 36.0 Å². The lowest BCUT2D eigenvalue weighted by Gasteiger charge is -2.33. The Morgan fingerprint density at radius 1 is 1.33 bits per heavy atom. The zero-order valence-corrected chi connectivity index (χ0v) is 12.4. The van der Waals surface area contributed by atoms with Crippen molar-refractivity contribution < 1.29 is 14.7 Å². The minimum atomic E-state index is -0.928. The van der Waals surface area contributed by atoms with Crippen LogP contribution in [0.3, 0.4) is 0 Å². The smallest absolute Gasteiger partial charge is 0.305 e. The number of fused-ring (bicyclic) bond motifs is 1. The highest BCUT2D eigenvalue weighted by Gasteiger charge is 2.33. The van der Waals surface area contributed by atoms with E-state index in [0.29, 0.717) is 5.69 Å². The predicted octanol–water partition coefficient (Wildman–Crippen LogP) is 2.79. The Kier molecular flexibility index (Phi) is 4.02. The number of aliphatic carboxylic acids is 1. The molecule has 1 aromatic carbocycles. The Morgan fingerprint density at radius 2 is 2.00 bits per heavy atom. The van der Waals surface area contributed by atoms with Crippen molar-refractivity contribution in [1.29, 1.82) is 0 Å². The molecular formula is C16H20N2O3. The summed E-state index contributed by atoms with van der Waals surface area (Å²) < 4.78 is 0. The van der Waals surface area contributed by atoms with Gasteiger partial charge >= 0.3 is 5.97 Å². The van der Waals surface area contributed by atoms with Gasteiger partial charge in [-0.05, 0) is 25.0 Å². The fraction of sp³-hybridized carbons (Fsp3) is 0.375. The summed E-state index contributed by atoms with van der Waals surface area (Å²) in [7, 11) is 0. The second-order valence-corrected chi connectivity index (χ2v) is 5.87. The largest absolute Gasteiger partial charge is 0.481 e. The molecule has 0 aliphatic heterocycles. The summed E-state index contributed by atoms with van der Waals surface area (Å²) in [5.41, 5.74) is 0.529. The van der Waals surface area contributed by atoms with E-state index >= 15 is 0 Å². The number of carboxylic acid groups (broad SMARTS) is 1. The molecule has 112 valence electrons. The highest BCUT2D eigenvalue weighted by molar-refractivity contribution is 5.98. The lowest BCUT2D eigenvalue weighted by Crippen LogP contribution is -2.51. The van der Waals surface area contributed by atoms with Crippen LogP contribution in [0.15, 0.2) is 30.3 Å². The third-order valence-corrected chi connectivity index (χ3v) is 3.97. The van der Waals surface area contributed by atoms with Crippen molar-refractivity contribution in [2.45, 2.75) is 32.7 Å². The summed E-state index contributed by atoms with van der Waals surface area (Å²) in [6.07, 6.45) is -0.114. The number of hydrogen-bond acceptors (Lipinski definition) is 2. The molecule has 0 saturated heterocycles. The molecule has 1 aromatic heterocycles. The number of amides is 1. The van der Waals surface area contributed by atoms with E-state index in [1.807, 2.05) is 38.1 Å². The molecule has 0 saturated carbocycles. The summed E-state index contributed by atoms with van der Waals surface area (Å²) in [5, 5.41) is 12.8. The maximum absolute atomic E-state index is 12.4. The van der Waals surface area contributed by atoms with E-state index in [4.69, 9.17) is 5.11 Å². The van der Waals surface area contributed by atoms with Gasteiger partial charge in [0.05, 0.1) is 12.0 Å². The summed E-state index contributed by atoms with van der Waals surface area (Å²) in [6.45, 7) is 5.55. The molecule has 2 aromatic rings. The van der Waals surface area contributed by atoms with E-state index in [2.05, 4.69) is 10.3 Å². The number of aromatic amines is 1. The van der Waals surface area contributed by atoms with Crippen LogP contribution in [-0.2, 0) is 4.79 Å². The van der Waals surface area contributed by atoms with Crippen molar-refractivity contribution in [2.24, 2.45) is 5.92 Å². The number of rotatable bonds is 5. The number of carboxylic acids is 1. The first-order valence-corrected chi connectivity index (χ1v) is 6.94. The van der Waals surface area contributed by atoms with Gasteiger partial charge in [-0.1, -0.05) is 32.0 Å². The zero-order valence-electron chi connectivity index (χ0n) is 12.4. The summed E-state index contributed by atoms with van der Waals surface area (Å²) in [4.78, 5) is 26.5. The molecule has 0 spiro atoms. The molecule has 1 unspecified atom stereocenters. The minimum Gasteiger partial charge on any atom is -0.481 e. The van der Waals surface area contributed by atoms with Crippen LogP contribution >= 0.6 is 0 Å². The Balaban J connectivity index is 2.24. The van der Waals surface area contributed by atoms with Gasteiger partial charge in [0.1, 0.15) is 5.69 Å². The molecule has 1 heterocycles. The molecular weight excluding hydrogens is 268 g/mol. The Morgan fingerprint density at radius 3 is 2.57 bits per heavy atom. The second kappa shape index (κ2) is 5.60. The molecule has 0 radical (unpaired) electrons. The number of aromatic nitrogens is 1. The van der Waals surface area contributed by atoms with Crippen LogP contribution in [0.4, 0.5) is 0 Å². The Labute approximate surface area is 123 Å². The average Bonchev–Trinajstić information content (AvgIpc) is 2.81. The number of nitrogens with one attached hydrogen (secondary N) is 2. The maximum atomic E-state index is 12.4. The molecule has 0 fully saturated rings. The second-order valence-electron chi connectivity index (χ2n) is 5.87. The number of carbonyl (C=O) groups is 2. The fourth-order valence-corrected chi connectivity index (χ4v) is 2.23. The molecule has 0 aliphatic rings. The van der Waals surface area contributed by atoms with E-state index < -0.39 is 11.5 Å². The summed E-state index contributed by atoms with van der Waals surface area (Å²) >= 11 is 0. The van der Waals surface area contributed by atoms with Crippen LogP contribution in [0.5, 0.6) is 0 Å². The van der Waals surface area contributed by atoms with Gasteiger partial charge in [0, 0.05) is 10.9 Å². The number of H-pyrrole nitrogens is 1. The highest BCUT2D eigenvalue weighted by Crippen LogP contribution is 2.22. The van der Waals surface area contributed by atoms with Crippen molar-refractivity contribution in [3.8, 4) is 0 Å². The molecule has 21 heavy (non-hydrogen) atoms. The molecule has 1 amide bonds. The van der Waals surface area contributed by atoms with E-state index in [1.54, 1.807) is 13.0 Å². The fourth-order valence-electron chi connectivity index (χ4n) is 2.23. The van der Waals surface area contributed by atoms with E-state index in [1.165, 1.54) is 0 Å². The van der Waals surface area contributed by atoms with Crippen LogP contribution in [0.1, 0.15) is 37.7 Å². The van der Waals surface area contributed by atoms with E-state index in [-0.39, 0.29) is 18.2 Å². The van der Waals surface area contributed by atoms with E-state index in [0.717, 1.165) is 10.9 Å². The number of hydrogen-bond donors (Lipinski definition) is 3. The minimum absolute atomic E-state index is 0.00179. The van der Waals surface area contributed by atoms with Crippen LogP contribution in [0.25, 0.3) is 10.9 Å². The SMILES string of the molecule is CC(C)C(C)(CC(=O)O)NC(=O)c1cc2ccccc2[nH]1. The monoisotopic (exact) mass is 288 g/mol. The molecule has 0 bridgehead atoms. The molecule has 5 nitrogen and oxygen atoms in total. The third-order valence-electron chi connectivity index (χ3n) is 3.97. The lowest BCUT2D eigenvalue weighted by molar-refractivity contribution is -0.138. The van der Waals surface area contributed by atoms with Gasteiger partial charge in [0.15, 0.2) is 0 Å². The predicted molar refractivity (Wildman–Crippen MR) is 81.3 cm³/mol. The van der Waals surface area contributed by atoms with Crippen LogP contribution in [0, 0.1) is 5.92 Å². The molecule has 0 aliphatic carbocycles. The van der Waals surface area contributed by atoms with Gasteiger partial charge in [-0.2, -0.15) is 0 Å². The molecule has 3 N–H and O–H groups in total. The number of benzene rings is 1. The topological polar surface area (TPSA) is 82.2 Å². The highest BCUT2D eigenvalue weighted by atomic mass is 16.4. The quantitative estimate of drug-likeness (QED) is 0.791. The normalized spacial score (nSPS) is 14.1. The van der Waals surface area contributed by atoms with Crippen molar-refractivity contribution in [3.63, 3.8) is 0 Å². The average molecular weight is 288 g/mol. The first-order valence-electron chi connectivity index (χ1n) is 6.94. The van der Waals surface area contributed by atoms with Crippen LogP contribution in [0.2, 0.25) is 0 Å². The van der Waals surface area contributed by atoms with E-state index in [9.17, 15) is 9.59 Å². The lowest BCUT2D eigenvalue weighted by atomic mass is 9.85. The van der Waals surface area contributed by atoms with Gasteiger partial charge in [-0.25, -0.2) is 0 Å². The van der Waals surface area contributed by atoms with Crippen molar-refractivity contribution in [1.82, 2.24) is 10.3 Å². The van der Waals surface area contributed by atoms with Gasteiger partial charge in [0.2, 0.25) is 0 Å². The van der Waals surface area contributed by atoms with Gasteiger partial charge < -0.3 is 15.4 Å². The Bertz CT molecular complexity index is 642. The Hall–Kier alpha value is -2.30. The van der Waals surface area contributed by atoms with Crippen molar-refractivity contribution >= 4 is 22.8 Å². The van der Waals surface area contributed by atoms with Crippen LogP contribution < -0.4 is 5.32 Å². The third kappa shape index (κ3) is 3.24. The molecule has 2 rings (SSSR count). The summed E-state index contributed by atoms with van der Waals surface area (Å²) in [5.74, 6) is -1.21. The standard InChI is InChI=1S/C16H20N2O3/c1-10(2)16(3,9-14(19)20)18-15(21)13-8-11-6-4-5-7-12(11)17-13/h4-8,10,17H,9H2,1-3H3,(H,18,21)(H,19,20). The first-order chi connectivity index (χ1) is 9.82. The van der Waals surface area contributed by atoms with Crippen LogP contribution in [-0.4, -0.2) is 27.5 Å². The number of carbonyl (C=O) groups excluding carboxylic acids is 1.